The maximum absolute atomic E-state index is 12.9. The Kier molecular flexibility index (Phi) is 5.75. The van der Waals surface area contributed by atoms with Gasteiger partial charge in [0, 0.05) is 5.69 Å². The number of hydrogen-bond acceptors (Lipinski definition) is 3. The average Bonchev–Trinajstić information content (AvgIpc) is 2.48. The Morgan fingerprint density at radius 2 is 2.05 bits per heavy atom. The lowest BCUT2D eigenvalue weighted by Crippen LogP contribution is -2.16. The van der Waals surface area contributed by atoms with Crippen molar-refractivity contribution in [3.8, 4) is 0 Å². The average molecular weight is 341 g/mol. The molecule has 2 rings (SSSR count). The molecule has 1 amide bonds. The minimum Gasteiger partial charge on any atom is -0.386 e. The molecule has 0 aliphatic heterocycles. The topological polar surface area (TPSA) is 50.7 Å². The van der Waals surface area contributed by atoms with Crippen LogP contribution in [-0.4, -0.2) is 18.7 Å². The van der Waals surface area contributed by atoms with E-state index in [0.717, 1.165) is 0 Å². The monoisotopic (exact) mass is 340 g/mol. The van der Waals surface area contributed by atoms with Crippen molar-refractivity contribution in [1.82, 2.24) is 0 Å². The number of oxime groups is 1. The van der Waals surface area contributed by atoms with E-state index in [9.17, 15) is 9.18 Å². The van der Waals surface area contributed by atoms with E-state index in [1.807, 2.05) is 0 Å². The number of nitrogens with zero attached hydrogens (tertiary/aromatic N) is 1. The Labute approximate surface area is 136 Å². The van der Waals surface area contributed by atoms with Crippen LogP contribution >= 0.6 is 23.2 Å². The van der Waals surface area contributed by atoms with Gasteiger partial charge in [-0.15, -0.1) is 0 Å². The second kappa shape index (κ2) is 7.77. The van der Waals surface area contributed by atoms with Crippen molar-refractivity contribution in [3.05, 3.63) is 63.9 Å². The van der Waals surface area contributed by atoms with Crippen molar-refractivity contribution < 1.29 is 14.0 Å². The predicted molar refractivity (Wildman–Crippen MR) is 85.0 cm³/mol. The number of halogens is 3. The van der Waals surface area contributed by atoms with E-state index in [-0.39, 0.29) is 12.4 Å². The Morgan fingerprint density at radius 3 is 2.77 bits per heavy atom. The zero-order valence-electron chi connectivity index (χ0n) is 11.2. The number of benzene rings is 2. The Bertz CT molecular complexity index is 708. The van der Waals surface area contributed by atoms with Crippen LogP contribution in [0, 0.1) is 5.82 Å². The van der Waals surface area contributed by atoms with Gasteiger partial charge in [0.1, 0.15) is 5.82 Å². The van der Waals surface area contributed by atoms with Crippen LogP contribution in [-0.2, 0) is 9.63 Å². The molecule has 0 saturated carbocycles. The van der Waals surface area contributed by atoms with Crippen LogP contribution in [0.4, 0.5) is 10.1 Å². The van der Waals surface area contributed by atoms with Crippen LogP contribution in [0.2, 0.25) is 10.0 Å². The first kappa shape index (κ1) is 16.3. The summed E-state index contributed by atoms with van der Waals surface area (Å²) in [6, 6.07) is 10.5. The lowest BCUT2D eigenvalue weighted by Gasteiger charge is -2.05. The third kappa shape index (κ3) is 5.02. The molecule has 0 aliphatic rings. The maximum Gasteiger partial charge on any atom is 0.265 e. The van der Waals surface area contributed by atoms with E-state index in [1.54, 1.807) is 24.3 Å². The normalized spacial score (nSPS) is 10.7. The molecular formula is C15H11Cl2FN2O2. The van der Waals surface area contributed by atoms with Crippen molar-refractivity contribution in [2.24, 2.45) is 5.16 Å². The molecule has 0 radical (unpaired) electrons. The van der Waals surface area contributed by atoms with Crippen molar-refractivity contribution in [1.29, 1.82) is 0 Å². The molecule has 0 fully saturated rings. The molecule has 4 nitrogen and oxygen atoms in total. The summed E-state index contributed by atoms with van der Waals surface area (Å²) in [6.07, 6.45) is 1.31. The highest BCUT2D eigenvalue weighted by Gasteiger charge is 2.04. The van der Waals surface area contributed by atoms with Gasteiger partial charge in [0.2, 0.25) is 0 Å². The summed E-state index contributed by atoms with van der Waals surface area (Å²) in [7, 11) is 0. The summed E-state index contributed by atoms with van der Waals surface area (Å²) >= 11 is 11.6. The minimum absolute atomic E-state index is 0.286. The number of hydrogen-bond donors (Lipinski definition) is 1. The van der Waals surface area contributed by atoms with Gasteiger partial charge in [-0.05, 0) is 35.9 Å². The van der Waals surface area contributed by atoms with Gasteiger partial charge in [-0.1, -0.05) is 40.5 Å². The molecule has 0 heterocycles. The lowest BCUT2D eigenvalue weighted by molar-refractivity contribution is -0.120. The first-order valence-electron chi connectivity index (χ1n) is 6.20. The lowest BCUT2D eigenvalue weighted by atomic mass is 10.2. The van der Waals surface area contributed by atoms with Crippen molar-refractivity contribution >= 4 is 41.0 Å². The maximum atomic E-state index is 12.9. The number of rotatable bonds is 5. The van der Waals surface area contributed by atoms with Crippen molar-refractivity contribution in [2.45, 2.75) is 0 Å². The van der Waals surface area contributed by atoms with Gasteiger partial charge < -0.3 is 10.2 Å². The minimum atomic E-state index is -0.408. The first-order valence-corrected chi connectivity index (χ1v) is 6.96. The van der Waals surface area contributed by atoms with Gasteiger partial charge in [0.25, 0.3) is 5.91 Å². The summed E-state index contributed by atoms with van der Waals surface area (Å²) in [5, 5.41) is 6.91. The summed E-state index contributed by atoms with van der Waals surface area (Å²) in [4.78, 5) is 16.5. The second-order valence-electron chi connectivity index (χ2n) is 4.24. The second-order valence-corrected chi connectivity index (χ2v) is 5.05. The molecule has 114 valence electrons. The zero-order valence-corrected chi connectivity index (χ0v) is 12.7. The number of anilines is 1. The van der Waals surface area contributed by atoms with Crippen molar-refractivity contribution in [3.63, 3.8) is 0 Å². The molecule has 0 aromatic heterocycles. The van der Waals surface area contributed by atoms with Gasteiger partial charge in [0.15, 0.2) is 6.61 Å². The Hall–Kier alpha value is -2.11. The van der Waals surface area contributed by atoms with Gasteiger partial charge >= 0.3 is 0 Å². The number of nitrogens with one attached hydrogen (secondary N) is 1. The fraction of sp³-hybridized carbons (Fsp3) is 0.0667. The fourth-order valence-electron chi connectivity index (χ4n) is 1.55. The fourth-order valence-corrected chi connectivity index (χ4v) is 1.85. The zero-order chi connectivity index (χ0) is 15.9. The highest BCUT2D eigenvalue weighted by atomic mass is 35.5. The highest BCUT2D eigenvalue weighted by Crippen LogP contribution is 2.24. The first-order chi connectivity index (χ1) is 10.5. The van der Waals surface area contributed by atoms with Crippen molar-refractivity contribution in [2.75, 3.05) is 11.9 Å². The molecule has 2 aromatic rings. The van der Waals surface area contributed by atoms with E-state index < -0.39 is 5.91 Å². The van der Waals surface area contributed by atoms with Gasteiger partial charge in [-0.2, -0.15) is 0 Å². The van der Waals surface area contributed by atoms with Crippen LogP contribution in [0.1, 0.15) is 5.56 Å². The van der Waals surface area contributed by atoms with Gasteiger partial charge in [-0.25, -0.2) is 4.39 Å². The summed E-state index contributed by atoms with van der Waals surface area (Å²) < 4.78 is 12.9. The molecule has 1 N–H and O–H groups in total. The summed E-state index contributed by atoms with van der Waals surface area (Å²) in [5.41, 5.74) is 1.03. The van der Waals surface area contributed by atoms with E-state index in [0.29, 0.717) is 21.3 Å². The van der Waals surface area contributed by atoms with E-state index in [4.69, 9.17) is 28.0 Å². The highest BCUT2D eigenvalue weighted by molar-refractivity contribution is 6.42. The summed E-state index contributed by atoms with van der Waals surface area (Å²) in [6.45, 7) is -0.286. The van der Waals surface area contributed by atoms with Crippen LogP contribution in [0.5, 0.6) is 0 Å². The van der Waals surface area contributed by atoms with E-state index in [1.165, 1.54) is 24.4 Å². The molecule has 0 atom stereocenters. The summed E-state index contributed by atoms with van der Waals surface area (Å²) in [5.74, 6) is -0.781. The molecular weight excluding hydrogens is 330 g/mol. The predicted octanol–water partition coefficient (Wildman–Crippen LogP) is 4.12. The quantitative estimate of drug-likeness (QED) is 0.657. The molecule has 0 aliphatic carbocycles. The number of carbonyl (C=O) groups excluding carboxylic acids is 1. The van der Waals surface area contributed by atoms with Gasteiger partial charge in [-0.3, -0.25) is 4.79 Å². The number of carbonyl (C=O) groups is 1. The van der Waals surface area contributed by atoms with Crippen LogP contribution in [0.25, 0.3) is 0 Å². The molecule has 0 spiro atoms. The van der Waals surface area contributed by atoms with Crippen LogP contribution in [0.3, 0.4) is 0 Å². The largest absolute Gasteiger partial charge is 0.386 e. The molecule has 22 heavy (non-hydrogen) atoms. The third-order valence-electron chi connectivity index (χ3n) is 2.52. The molecule has 0 bridgehead atoms. The third-order valence-corrected chi connectivity index (χ3v) is 3.26. The number of amides is 1. The van der Waals surface area contributed by atoms with Gasteiger partial charge in [0.05, 0.1) is 16.3 Å². The molecule has 0 unspecified atom stereocenters. The Morgan fingerprint density at radius 1 is 1.23 bits per heavy atom. The van der Waals surface area contributed by atoms with E-state index >= 15 is 0 Å². The van der Waals surface area contributed by atoms with Crippen LogP contribution < -0.4 is 5.32 Å². The standard InChI is InChI=1S/C15H11Cl2FN2O2/c16-13-5-4-12(7-14(13)17)20-15(21)9-22-19-8-10-2-1-3-11(18)6-10/h1-8H,9H2,(H,20,21)/b19-8-. The smallest absolute Gasteiger partial charge is 0.265 e. The molecule has 7 heteroatoms. The van der Waals surface area contributed by atoms with E-state index in [2.05, 4.69) is 10.5 Å². The molecule has 0 saturated heterocycles. The SMILES string of the molecule is O=C(CO/N=C\c1cccc(F)c1)Nc1ccc(Cl)c(Cl)c1. The molecule has 2 aromatic carbocycles. The Balaban J connectivity index is 1.81. The van der Waals surface area contributed by atoms with Crippen LogP contribution in [0.15, 0.2) is 47.6 Å².